The standard InChI is InChI=1S/C16H32N2O2/c1-11-5-12(2)15(16(20)6-11)10-18-9-14(19)7-13(18)8-17(3)4/h11-16,19-20H,5-10H2,1-4H3. The molecule has 2 rings (SSSR count). The van der Waals surface area contributed by atoms with Crippen LogP contribution in [0.1, 0.15) is 33.1 Å². The molecule has 6 atom stereocenters. The number of hydrogen-bond acceptors (Lipinski definition) is 4. The second-order valence-corrected chi connectivity index (χ2v) is 7.54. The molecule has 4 heteroatoms. The highest BCUT2D eigenvalue weighted by Crippen LogP contribution is 2.35. The molecule has 4 nitrogen and oxygen atoms in total. The van der Waals surface area contributed by atoms with E-state index in [4.69, 9.17) is 0 Å². The van der Waals surface area contributed by atoms with Crippen molar-refractivity contribution in [3.05, 3.63) is 0 Å². The second kappa shape index (κ2) is 6.73. The molecule has 1 heterocycles. The lowest BCUT2D eigenvalue weighted by atomic mass is 9.73. The first kappa shape index (κ1) is 16.2. The summed E-state index contributed by atoms with van der Waals surface area (Å²) in [4.78, 5) is 4.60. The summed E-state index contributed by atoms with van der Waals surface area (Å²) in [7, 11) is 4.17. The minimum Gasteiger partial charge on any atom is -0.393 e. The van der Waals surface area contributed by atoms with Gasteiger partial charge in [0, 0.05) is 31.6 Å². The lowest BCUT2D eigenvalue weighted by Gasteiger charge is -2.40. The van der Waals surface area contributed by atoms with Crippen molar-refractivity contribution in [2.24, 2.45) is 17.8 Å². The fourth-order valence-electron chi connectivity index (χ4n) is 4.24. The summed E-state index contributed by atoms with van der Waals surface area (Å²) < 4.78 is 0. The van der Waals surface area contributed by atoms with Crippen LogP contribution in [0.3, 0.4) is 0 Å². The van der Waals surface area contributed by atoms with Crippen molar-refractivity contribution < 1.29 is 10.2 Å². The molecule has 1 aliphatic carbocycles. The van der Waals surface area contributed by atoms with Crippen LogP contribution < -0.4 is 0 Å². The zero-order valence-corrected chi connectivity index (χ0v) is 13.5. The van der Waals surface area contributed by atoms with E-state index >= 15 is 0 Å². The number of likely N-dealkylation sites (tertiary alicyclic amines) is 1. The topological polar surface area (TPSA) is 46.9 Å². The largest absolute Gasteiger partial charge is 0.393 e. The maximum Gasteiger partial charge on any atom is 0.0682 e. The highest BCUT2D eigenvalue weighted by atomic mass is 16.3. The molecule has 0 radical (unpaired) electrons. The van der Waals surface area contributed by atoms with E-state index in [-0.39, 0.29) is 12.2 Å². The third-order valence-corrected chi connectivity index (χ3v) is 5.17. The summed E-state index contributed by atoms with van der Waals surface area (Å²) in [6.45, 7) is 7.21. The Bertz CT molecular complexity index is 299. The summed E-state index contributed by atoms with van der Waals surface area (Å²) in [6.07, 6.45) is 2.65. The van der Waals surface area contributed by atoms with Crippen LogP contribution in [0.25, 0.3) is 0 Å². The zero-order valence-electron chi connectivity index (χ0n) is 13.5. The van der Waals surface area contributed by atoms with Crippen molar-refractivity contribution in [3.63, 3.8) is 0 Å². The third kappa shape index (κ3) is 3.94. The van der Waals surface area contributed by atoms with Crippen molar-refractivity contribution in [3.8, 4) is 0 Å². The Kier molecular flexibility index (Phi) is 5.46. The van der Waals surface area contributed by atoms with Gasteiger partial charge in [0.2, 0.25) is 0 Å². The van der Waals surface area contributed by atoms with Gasteiger partial charge in [-0.15, -0.1) is 0 Å². The quantitative estimate of drug-likeness (QED) is 0.809. The van der Waals surface area contributed by atoms with E-state index in [1.165, 1.54) is 6.42 Å². The molecule has 1 saturated carbocycles. The molecule has 0 spiro atoms. The maximum atomic E-state index is 10.4. The molecule has 1 saturated heterocycles. The average Bonchev–Trinajstić information content (AvgIpc) is 2.63. The summed E-state index contributed by atoms with van der Waals surface area (Å²) in [6, 6.07) is 0.429. The lowest BCUT2D eigenvalue weighted by molar-refractivity contribution is -0.00631. The monoisotopic (exact) mass is 284 g/mol. The van der Waals surface area contributed by atoms with E-state index in [1.54, 1.807) is 0 Å². The van der Waals surface area contributed by atoms with Crippen LogP contribution >= 0.6 is 0 Å². The van der Waals surface area contributed by atoms with Gasteiger partial charge in [-0.3, -0.25) is 4.90 Å². The molecule has 20 heavy (non-hydrogen) atoms. The SMILES string of the molecule is CC1CC(C)C(CN2CC(O)CC2CN(C)C)C(O)C1. The first-order valence-electron chi connectivity index (χ1n) is 8.11. The molecule has 0 aromatic rings. The van der Waals surface area contributed by atoms with Crippen LogP contribution in [0.2, 0.25) is 0 Å². The first-order chi connectivity index (χ1) is 9.36. The van der Waals surface area contributed by atoms with Gasteiger partial charge in [-0.05, 0) is 45.2 Å². The Morgan fingerprint density at radius 1 is 1.10 bits per heavy atom. The van der Waals surface area contributed by atoms with Gasteiger partial charge in [0.05, 0.1) is 12.2 Å². The fraction of sp³-hybridized carbons (Fsp3) is 1.00. The van der Waals surface area contributed by atoms with Crippen molar-refractivity contribution in [1.29, 1.82) is 0 Å². The van der Waals surface area contributed by atoms with E-state index in [9.17, 15) is 10.2 Å². The normalized spacial score (nSPS) is 43.4. The molecule has 1 aliphatic heterocycles. The molecule has 118 valence electrons. The fourth-order valence-corrected chi connectivity index (χ4v) is 4.24. The summed E-state index contributed by atoms with van der Waals surface area (Å²) in [5.41, 5.74) is 0. The molecule has 6 unspecified atom stereocenters. The van der Waals surface area contributed by atoms with E-state index in [1.807, 2.05) is 0 Å². The smallest absolute Gasteiger partial charge is 0.0682 e. The Labute approximate surface area is 123 Å². The van der Waals surface area contributed by atoms with Gasteiger partial charge in [-0.2, -0.15) is 0 Å². The number of hydrogen-bond donors (Lipinski definition) is 2. The second-order valence-electron chi connectivity index (χ2n) is 7.54. The van der Waals surface area contributed by atoms with Gasteiger partial charge in [0.1, 0.15) is 0 Å². The van der Waals surface area contributed by atoms with E-state index in [2.05, 4.69) is 37.7 Å². The summed E-state index contributed by atoms with van der Waals surface area (Å²) in [5.74, 6) is 1.57. The van der Waals surface area contributed by atoms with Crippen LogP contribution in [-0.4, -0.2) is 72.0 Å². The minimum absolute atomic E-state index is 0.175. The highest BCUT2D eigenvalue weighted by Gasteiger charge is 2.38. The number of likely N-dealkylation sites (N-methyl/N-ethyl adjacent to an activating group) is 1. The summed E-state index contributed by atoms with van der Waals surface area (Å²) in [5, 5.41) is 20.4. The number of aliphatic hydroxyl groups is 2. The molecule has 0 aromatic heterocycles. The molecule has 0 amide bonds. The Hall–Kier alpha value is -0.160. The Morgan fingerprint density at radius 2 is 1.80 bits per heavy atom. The van der Waals surface area contributed by atoms with E-state index in [0.29, 0.717) is 23.8 Å². The molecular formula is C16H32N2O2. The van der Waals surface area contributed by atoms with Gasteiger partial charge >= 0.3 is 0 Å². The molecular weight excluding hydrogens is 252 g/mol. The van der Waals surface area contributed by atoms with Crippen LogP contribution in [0.5, 0.6) is 0 Å². The summed E-state index contributed by atoms with van der Waals surface area (Å²) >= 11 is 0. The van der Waals surface area contributed by atoms with E-state index in [0.717, 1.165) is 32.5 Å². The van der Waals surface area contributed by atoms with Crippen molar-refractivity contribution in [2.75, 3.05) is 33.7 Å². The van der Waals surface area contributed by atoms with Gasteiger partial charge in [-0.25, -0.2) is 0 Å². The van der Waals surface area contributed by atoms with Crippen molar-refractivity contribution >= 4 is 0 Å². The van der Waals surface area contributed by atoms with Crippen LogP contribution in [0, 0.1) is 17.8 Å². The van der Waals surface area contributed by atoms with Crippen molar-refractivity contribution in [2.45, 2.75) is 51.4 Å². The van der Waals surface area contributed by atoms with Gasteiger partial charge in [0.15, 0.2) is 0 Å². The highest BCUT2D eigenvalue weighted by molar-refractivity contribution is 4.91. The van der Waals surface area contributed by atoms with Gasteiger partial charge in [0.25, 0.3) is 0 Å². The molecule has 0 bridgehead atoms. The number of nitrogens with zero attached hydrogens (tertiary/aromatic N) is 2. The average molecular weight is 284 g/mol. The third-order valence-electron chi connectivity index (χ3n) is 5.17. The number of aliphatic hydroxyl groups excluding tert-OH is 2. The van der Waals surface area contributed by atoms with Crippen LogP contribution in [0.4, 0.5) is 0 Å². The Balaban J connectivity index is 1.96. The van der Waals surface area contributed by atoms with Crippen molar-refractivity contribution in [1.82, 2.24) is 9.80 Å². The zero-order chi connectivity index (χ0) is 14.9. The van der Waals surface area contributed by atoms with Crippen LogP contribution in [0.15, 0.2) is 0 Å². The molecule has 2 N–H and O–H groups in total. The van der Waals surface area contributed by atoms with Gasteiger partial charge in [-0.1, -0.05) is 13.8 Å². The van der Waals surface area contributed by atoms with E-state index < -0.39 is 0 Å². The predicted octanol–water partition coefficient (Wildman–Crippen LogP) is 1.03. The Morgan fingerprint density at radius 3 is 2.40 bits per heavy atom. The number of rotatable bonds is 4. The molecule has 2 fully saturated rings. The van der Waals surface area contributed by atoms with Gasteiger partial charge < -0.3 is 15.1 Å². The minimum atomic E-state index is -0.199. The lowest BCUT2D eigenvalue weighted by Crippen LogP contribution is -2.46. The number of β-amino-alcohol motifs (C(OH)–C–C–N with tert-alkyl or cyclic N) is 1. The maximum absolute atomic E-state index is 10.4. The molecule has 2 aliphatic rings. The first-order valence-corrected chi connectivity index (χ1v) is 8.11. The van der Waals surface area contributed by atoms with Crippen LogP contribution in [-0.2, 0) is 0 Å². The predicted molar refractivity (Wildman–Crippen MR) is 81.6 cm³/mol. The molecule has 0 aromatic carbocycles.